The quantitative estimate of drug-likeness (QED) is 0.885. The van der Waals surface area contributed by atoms with Gasteiger partial charge in [-0.15, -0.1) is 0 Å². The first-order valence-corrected chi connectivity index (χ1v) is 9.49. The molecule has 1 saturated heterocycles. The summed E-state index contributed by atoms with van der Waals surface area (Å²) in [5, 5.41) is 7.50. The molecule has 0 bridgehead atoms. The van der Waals surface area contributed by atoms with E-state index in [-0.39, 0.29) is 30.2 Å². The van der Waals surface area contributed by atoms with Crippen LogP contribution in [0.2, 0.25) is 0 Å². The number of anilines is 1. The predicted molar refractivity (Wildman–Crippen MR) is 90.8 cm³/mol. The summed E-state index contributed by atoms with van der Waals surface area (Å²) in [6.07, 6.45) is -1.96. The van der Waals surface area contributed by atoms with Crippen molar-refractivity contribution in [2.24, 2.45) is 11.8 Å². The first-order chi connectivity index (χ1) is 12.3. The molecule has 1 N–H and O–H groups in total. The van der Waals surface area contributed by atoms with E-state index in [0.29, 0.717) is 36.9 Å². The molecule has 5 nitrogen and oxygen atoms in total. The molecule has 0 aromatic carbocycles. The van der Waals surface area contributed by atoms with E-state index in [9.17, 15) is 18.0 Å². The maximum Gasteiger partial charge on any atom is 0.410 e. The number of hydrogen-bond donors (Lipinski definition) is 1. The van der Waals surface area contributed by atoms with Gasteiger partial charge >= 0.3 is 6.18 Å². The van der Waals surface area contributed by atoms with E-state index < -0.39 is 12.2 Å². The maximum absolute atomic E-state index is 13.5. The number of likely N-dealkylation sites (tertiary alicyclic amines) is 1. The van der Waals surface area contributed by atoms with Gasteiger partial charge in [-0.25, -0.2) is 4.68 Å². The highest BCUT2D eigenvalue weighted by Crippen LogP contribution is 2.43. The Morgan fingerprint density at radius 1 is 1.38 bits per heavy atom. The minimum absolute atomic E-state index is 0.00294. The fraction of sp³-hybridized carbons (Fsp3) is 0.778. The van der Waals surface area contributed by atoms with Gasteiger partial charge in [0.15, 0.2) is 6.04 Å². The van der Waals surface area contributed by atoms with Crippen molar-refractivity contribution in [1.29, 1.82) is 0 Å². The van der Waals surface area contributed by atoms with Crippen molar-refractivity contribution in [1.82, 2.24) is 14.7 Å². The molecule has 1 aliphatic carbocycles. The lowest BCUT2D eigenvalue weighted by molar-refractivity contribution is -0.173. The Labute approximate surface area is 150 Å². The van der Waals surface area contributed by atoms with Crippen LogP contribution in [-0.2, 0) is 4.79 Å². The van der Waals surface area contributed by atoms with Crippen LogP contribution in [0.25, 0.3) is 0 Å². The number of halogens is 3. The third-order valence-corrected chi connectivity index (χ3v) is 6.13. The van der Waals surface area contributed by atoms with Crippen molar-refractivity contribution in [3.05, 3.63) is 11.8 Å². The van der Waals surface area contributed by atoms with Gasteiger partial charge in [0.05, 0.1) is 5.69 Å². The van der Waals surface area contributed by atoms with Crippen LogP contribution < -0.4 is 5.32 Å². The topological polar surface area (TPSA) is 50.2 Å². The number of fused-ring (bicyclic) bond motifs is 1. The zero-order valence-corrected chi connectivity index (χ0v) is 15.1. The van der Waals surface area contributed by atoms with E-state index in [2.05, 4.69) is 17.3 Å². The molecule has 8 heteroatoms. The molecular formula is C18H25F3N4O. The lowest BCUT2D eigenvalue weighted by Crippen LogP contribution is -2.38. The minimum Gasteiger partial charge on any atom is -0.367 e. The summed E-state index contributed by atoms with van der Waals surface area (Å²) in [5.74, 6) is 1.26. The summed E-state index contributed by atoms with van der Waals surface area (Å²) in [4.78, 5) is 14.3. The monoisotopic (exact) mass is 370 g/mol. The second-order valence-electron chi connectivity index (χ2n) is 8.03. The number of amides is 1. The SMILES string of the molecule is CC[C@@H]1C[C@H](C(F)(F)F)n2nc([C@@H]3CCN(C(=O)[C@H]4C[C@H]4C)C3)cc2N1. The molecule has 26 heavy (non-hydrogen) atoms. The second kappa shape index (κ2) is 6.16. The number of nitrogens with zero attached hydrogens (tertiary/aromatic N) is 3. The number of hydrogen-bond acceptors (Lipinski definition) is 3. The standard InChI is InChI=1S/C18H25F3N4O/c1-3-12-7-15(18(19,20)21)25-16(22-12)8-14(23-25)11-4-5-24(9-11)17(26)13-6-10(13)2/h8,10-13,15,22H,3-7,9H2,1-2H3/t10-,11-,12-,13+,15-/m1/s1. The molecule has 2 aliphatic heterocycles. The van der Waals surface area contributed by atoms with Gasteiger partial charge < -0.3 is 10.2 Å². The highest BCUT2D eigenvalue weighted by Gasteiger charge is 2.47. The van der Waals surface area contributed by atoms with Crippen LogP contribution in [0.4, 0.5) is 19.0 Å². The van der Waals surface area contributed by atoms with Crippen LogP contribution in [0, 0.1) is 11.8 Å². The van der Waals surface area contributed by atoms with Crippen LogP contribution >= 0.6 is 0 Å². The van der Waals surface area contributed by atoms with Crippen LogP contribution in [0.1, 0.15) is 57.2 Å². The summed E-state index contributed by atoms with van der Waals surface area (Å²) >= 11 is 0. The van der Waals surface area contributed by atoms with Crippen LogP contribution in [0.5, 0.6) is 0 Å². The van der Waals surface area contributed by atoms with Crippen molar-refractivity contribution in [2.75, 3.05) is 18.4 Å². The Bertz CT molecular complexity index is 701. The molecule has 3 heterocycles. The fourth-order valence-corrected chi connectivity index (χ4v) is 4.24. The van der Waals surface area contributed by atoms with Gasteiger partial charge in [0, 0.05) is 37.0 Å². The number of carbonyl (C=O) groups excluding carboxylic acids is 1. The Kier molecular flexibility index (Phi) is 4.19. The molecule has 5 atom stereocenters. The average molecular weight is 370 g/mol. The number of carbonyl (C=O) groups is 1. The molecular weight excluding hydrogens is 345 g/mol. The molecule has 3 aliphatic rings. The van der Waals surface area contributed by atoms with Gasteiger partial charge in [0.2, 0.25) is 5.91 Å². The van der Waals surface area contributed by atoms with E-state index >= 15 is 0 Å². The smallest absolute Gasteiger partial charge is 0.367 e. The molecule has 4 rings (SSSR count). The largest absolute Gasteiger partial charge is 0.410 e. The highest BCUT2D eigenvalue weighted by atomic mass is 19.4. The number of alkyl halides is 3. The summed E-state index contributed by atoms with van der Waals surface area (Å²) < 4.78 is 41.5. The Balaban J connectivity index is 1.52. The lowest BCUT2D eigenvalue weighted by Gasteiger charge is -2.32. The molecule has 0 unspecified atom stereocenters. The van der Waals surface area contributed by atoms with Gasteiger partial charge in [0.25, 0.3) is 0 Å². The zero-order chi connectivity index (χ0) is 18.6. The maximum atomic E-state index is 13.5. The van der Waals surface area contributed by atoms with Crippen molar-refractivity contribution >= 4 is 11.7 Å². The number of aromatic nitrogens is 2. The van der Waals surface area contributed by atoms with E-state index in [0.717, 1.165) is 17.5 Å². The van der Waals surface area contributed by atoms with Gasteiger partial charge in [-0.2, -0.15) is 18.3 Å². The van der Waals surface area contributed by atoms with Crippen LogP contribution in [0.3, 0.4) is 0 Å². The third kappa shape index (κ3) is 3.07. The van der Waals surface area contributed by atoms with Gasteiger partial charge in [-0.05, 0) is 31.6 Å². The van der Waals surface area contributed by atoms with Crippen molar-refractivity contribution in [2.45, 2.75) is 63.7 Å². The van der Waals surface area contributed by atoms with Gasteiger partial charge in [-0.1, -0.05) is 13.8 Å². The molecule has 144 valence electrons. The van der Waals surface area contributed by atoms with E-state index in [1.165, 1.54) is 0 Å². The first kappa shape index (κ1) is 17.7. The molecule has 2 fully saturated rings. The summed E-state index contributed by atoms with van der Waals surface area (Å²) in [5.41, 5.74) is 0.664. The van der Waals surface area contributed by atoms with Crippen molar-refractivity contribution in [3.8, 4) is 0 Å². The lowest BCUT2D eigenvalue weighted by atomic mass is 10.0. The Hall–Kier alpha value is -1.73. The van der Waals surface area contributed by atoms with Crippen molar-refractivity contribution < 1.29 is 18.0 Å². The van der Waals surface area contributed by atoms with E-state index in [1.54, 1.807) is 6.07 Å². The summed E-state index contributed by atoms with van der Waals surface area (Å²) in [6.45, 7) is 5.19. The minimum atomic E-state index is -4.31. The number of nitrogens with one attached hydrogen (secondary N) is 1. The van der Waals surface area contributed by atoms with Crippen LogP contribution in [-0.4, -0.2) is 45.9 Å². The van der Waals surface area contributed by atoms with Gasteiger partial charge in [-0.3, -0.25) is 4.79 Å². The van der Waals surface area contributed by atoms with E-state index in [1.807, 2.05) is 11.8 Å². The highest BCUT2D eigenvalue weighted by molar-refractivity contribution is 5.82. The third-order valence-electron chi connectivity index (χ3n) is 6.13. The molecule has 1 aromatic heterocycles. The second-order valence-corrected chi connectivity index (χ2v) is 8.03. The number of rotatable bonds is 3. The van der Waals surface area contributed by atoms with E-state index in [4.69, 9.17) is 0 Å². The first-order valence-electron chi connectivity index (χ1n) is 9.49. The normalized spacial score (nSPS) is 33.7. The van der Waals surface area contributed by atoms with Crippen LogP contribution in [0.15, 0.2) is 6.07 Å². The molecule has 0 spiro atoms. The summed E-state index contributed by atoms with van der Waals surface area (Å²) in [6, 6.07) is -0.0283. The van der Waals surface area contributed by atoms with Gasteiger partial charge in [0.1, 0.15) is 5.82 Å². The molecule has 1 aromatic rings. The molecule has 1 amide bonds. The zero-order valence-electron chi connectivity index (χ0n) is 15.1. The van der Waals surface area contributed by atoms with Crippen molar-refractivity contribution in [3.63, 3.8) is 0 Å². The summed E-state index contributed by atoms with van der Waals surface area (Å²) in [7, 11) is 0. The fourth-order valence-electron chi connectivity index (χ4n) is 4.24. The Morgan fingerprint density at radius 3 is 2.73 bits per heavy atom. The molecule has 0 radical (unpaired) electrons. The average Bonchev–Trinajstić information content (AvgIpc) is 3.02. The Morgan fingerprint density at radius 2 is 2.12 bits per heavy atom. The molecule has 1 saturated carbocycles. The predicted octanol–water partition coefficient (Wildman–Crippen LogP) is 3.55.